The van der Waals surface area contributed by atoms with Crippen LogP contribution in [-0.4, -0.2) is 33.2 Å². The normalized spacial score (nSPS) is 11.1. The standard InChI is InChI=1S/C31H50O6/c1-3-5-7-9-11-13-15-17-19-21-24-26(29(32)33)23-27(30(34)35)25(28(24)31(36)37)22-20-18-16-14-12-10-8-6-4-2/h23H,3-22H2,1-2H3,(H,32,33)(H,34,35)(H,36,37). The van der Waals surface area contributed by atoms with Gasteiger partial charge in [-0.25, -0.2) is 14.4 Å². The van der Waals surface area contributed by atoms with Crippen molar-refractivity contribution in [2.75, 3.05) is 0 Å². The van der Waals surface area contributed by atoms with E-state index < -0.39 is 17.9 Å². The topological polar surface area (TPSA) is 112 Å². The zero-order valence-electron chi connectivity index (χ0n) is 23.3. The fraction of sp³-hybridized carbons (Fsp3) is 0.710. The summed E-state index contributed by atoms with van der Waals surface area (Å²) in [6.45, 7) is 4.39. The van der Waals surface area contributed by atoms with Gasteiger partial charge in [-0.05, 0) is 42.9 Å². The smallest absolute Gasteiger partial charge is 0.336 e. The second kappa shape index (κ2) is 19.7. The lowest BCUT2D eigenvalue weighted by molar-refractivity contribution is 0.0694. The van der Waals surface area contributed by atoms with Crippen LogP contribution in [0.5, 0.6) is 0 Å². The Labute approximate surface area is 223 Å². The fourth-order valence-corrected chi connectivity index (χ4v) is 5.15. The highest BCUT2D eigenvalue weighted by Crippen LogP contribution is 2.28. The van der Waals surface area contributed by atoms with Crippen molar-refractivity contribution in [1.29, 1.82) is 0 Å². The largest absolute Gasteiger partial charge is 0.478 e. The minimum atomic E-state index is -1.27. The summed E-state index contributed by atoms with van der Waals surface area (Å²) in [7, 11) is 0. The van der Waals surface area contributed by atoms with Crippen molar-refractivity contribution in [3.05, 3.63) is 33.9 Å². The predicted octanol–water partition coefficient (Wildman–Crippen LogP) is 8.93. The van der Waals surface area contributed by atoms with Crippen molar-refractivity contribution in [2.45, 2.75) is 142 Å². The maximum Gasteiger partial charge on any atom is 0.336 e. The molecule has 0 aliphatic carbocycles. The number of rotatable bonds is 23. The number of benzene rings is 1. The predicted molar refractivity (Wildman–Crippen MR) is 149 cm³/mol. The highest BCUT2D eigenvalue weighted by atomic mass is 16.4. The summed E-state index contributed by atoms with van der Waals surface area (Å²) < 4.78 is 0. The Morgan fingerprint density at radius 1 is 0.486 bits per heavy atom. The highest BCUT2D eigenvalue weighted by molar-refractivity contribution is 6.03. The van der Waals surface area contributed by atoms with Crippen LogP contribution < -0.4 is 0 Å². The summed E-state index contributed by atoms with van der Waals surface area (Å²) in [5.41, 5.74) is 0.0737. The van der Waals surface area contributed by atoms with Crippen molar-refractivity contribution in [1.82, 2.24) is 0 Å². The van der Waals surface area contributed by atoms with Gasteiger partial charge in [-0.2, -0.15) is 0 Å². The minimum absolute atomic E-state index is 0.101. The quantitative estimate of drug-likeness (QED) is 0.125. The molecule has 1 aromatic rings. The summed E-state index contributed by atoms with van der Waals surface area (Å²) in [6.07, 6.45) is 20.6. The van der Waals surface area contributed by atoms with Crippen molar-refractivity contribution >= 4 is 17.9 Å². The molecular formula is C31H50O6. The van der Waals surface area contributed by atoms with Crippen molar-refractivity contribution < 1.29 is 29.7 Å². The molecule has 0 saturated heterocycles. The molecule has 0 saturated carbocycles. The van der Waals surface area contributed by atoms with E-state index in [9.17, 15) is 29.7 Å². The Bertz CT molecular complexity index is 771. The van der Waals surface area contributed by atoms with Crippen LogP contribution in [0.25, 0.3) is 0 Å². The van der Waals surface area contributed by atoms with Crippen LogP contribution in [0.2, 0.25) is 0 Å². The molecule has 1 rings (SSSR count). The Kier molecular flexibility index (Phi) is 17.4. The van der Waals surface area contributed by atoms with Crippen LogP contribution in [0.1, 0.15) is 172 Å². The van der Waals surface area contributed by atoms with Gasteiger partial charge in [0.05, 0.1) is 16.7 Å². The molecule has 0 fully saturated rings. The number of hydrogen-bond donors (Lipinski definition) is 3. The first-order valence-corrected chi connectivity index (χ1v) is 14.7. The maximum atomic E-state index is 12.3. The van der Waals surface area contributed by atoms with Crippen LogP contribution in [0.4, 0.5) is 0 Å². The van der Waals surface area contributed by atoms with Crippen molar-refractivity contribution in [3.8, 4) is 0 Å². The van der Waals surface area contributed by atoms with Gasteiger partial charge in [-0.1, -0.05) is 117 Å². The average Bonchev–Trinajstić information content (AvgIpc) is 2.85. The van der Waals surface area contributed by atoms with Crippen LogP contribution in [0, 0.1) is 0 Å². The third-order valence-electron chi connectivity index (χ3n) is 7.28. The zero-order valence-corrected chi connectivity index (χ0v) is 23.3. The molecular weight excluding hydrogens is 468 g/mol. The second-order valence-electron chi connectivity index (χ2n) is 10.4. The Balaban J connectivity index is 2.87. The Morgan fingerprint density at radius 2 is 0.784 bits per heavy atom. The van der Waals surface area contributed by atoms with E-state index in [2.05, 4.69) is 13.8 Å². The Morgan fingerprint density at radius 3 is 1.05 bits per heavy atom. The zero-order chi connectivity index (χ0) is 27.5. The summed E-state index contributed by atoms with van der Waals surface area (Å²) in [6, 6.07) is 1.18. The van der Waals surface area contributed by atoms with Gasteiger partial charge in [0.1, 0.15) is 0 Å². The van der Waals surface area contributed by atoms with E-state index in [1.165, 1.54) is 70.3 Å². The van der Waals surface area contributed by atoms with Gasteiger partial charge in [0.2, 0.25) is 0 Å². The van der Waals surface area contributed by atoms with Gasteiger partial charge in [0.25, 0.3) is 0 Å². The van der Waals surface area contributed by atoms with Gasteiger partial charge < -0.3 is 15.3 Å². The molecule has 0 heterocycles. The number of hydrogen-bond acceptors (Lipinski definition) is 3. The summed E-state index contributed by atoms with van der Waals surface area (Å²) in [5, 5.41) is 29.6. The molecule has 0 aliphatic heterocycles. The molecule has 0 amide bonds. The molecule has 0 aliphatic rings. The lowest BCUT2D eigenvalue weighted by atomic mass is 9.86. The second-order valence-corrected chi connectivity index (χ2v) is 10.4. The Hall–Kier alpha value is -2.37. The first kappa shape index (κ1) is 32.7. The molecule has 210 valence electrons. The maximum absolute atomic E-state index is 12.3. The molecule has 0 radical (unpaired) electrons. The number of aromatic carboxylic acids is 3. The third-order valence-corrected chi connectivity index (χ3v) is 7.28. The van der Waals surface area contributed by atoms with Gasteiger partial charge in [-0.15, -0.1) is 0 Å². The molecule has 0 atom stereocenters. The average molecular weight is 519 g/mol. The fourth-order valence-electron chi connectivity index (χ4n) is 5.15. The molecule has 0 unspecified atom stereocenters. The summed E-state index contributed by atoms with van der Waals surface area (Å²) in [4.78, 5) is 36.3. The van der Waals surface area contributed by atoms with Crippen LogP contribution >= 0.6 is 0 Å². The molecule has 0 spiro atoms. The van der Waals surface area contributed by atoms with Crippen molar-refractivity contribution in [2.24, 2.45) is 0 Å². The van der Waals surface area contributed by atoms with Crippen LogP contribution in [0.15, 0.2) is 6.07 Å². The lowest BCUT2D eigenvalue weighted by Crippen LogP contribution is -2.18. The van der Waals surface area contributed by atoms with Crippen LogP contribution in [0.3, 0.4) is 0 Å². The molecule has 1 aromatic carbocycles. The van der Waals surface area contributed by atoms with Crippen LogP contribution in [-0.2, 0) is 12.8 Å². The SMILES string of the molecule is CCCCCCCCCCCc1c(C(=O)O)cc(C(=O)O)c(CCCCCCCCCCC)c1C(=O)O. The number of carbonyl (C=O) groups is 3. The monoisotopic (exact) mass is 518 g/mol. The number of unbranched alkanes of at least 4 members (excludes halogenated alkanes) is 16. The van der Waals surface area contributed by atoms with Gasteiger partial charge in [-0.3, -0.25) is 0 Å². The first-order valence-electron chi connectivity index (χ1n) is 14.7. The molecule has 6 heteroatoms. The molecule has 37 heavy (non-hydrogen) atoms. The number of carboxylic acids is 3. The van der Waals surface area contributed by atoms with E-state index in [1.54, 1.807) is 0 Å². The first-order chi connectivity index (χ1) is 17.8. The van der Waals surface area contributed by atoms with E-state index in [0.717, 1.165) is 38.5 Å². The van der Waals surface area contributed by atoms with E-state index >= 15 is 0 Å². The molecule has 0 bridgehead atoms. The third kappa shape index (κ3) is 12.6. The van der Waals surface area contributed by atoms with Crippen molar-refractivity contribution in [3.63, 3.8) is 0 Å². The van der Waals surface area contributed by atoms with E-state index in [-0.39, 0.29) is 27.8 Å². The summed E-state index contributed by atoms with van der Waals surface area (Å²) >= 11 is 0. The van der Waals surface area contributed by atoms with Gasteiger partial charge in [0.15, 0.2) is 0 Å². The molecule has 0 aromatic heterocycles. The minimum Gasteiger partial charge on any atom is -0.478 e. The van der Waals surface area contributed by atoms with E-state index in [1.807, 2.05) is 0 Å². The number of carboxylic acid groups (broad SMARTS) is 3. The van der Waals surface area contributed by atoms with E-state index in [4.69, 9.17) is 0 Å². The summed E-state index contributed by atoms with van der Waals surface area (Å²) in [5.74, 6) is -3.78. The molecule has 6 nitrogen and oxygen atoms in total. The lowest BCUT2D eigenvalue weighted by Gasteiger charge is -2.17. The molecule has 3 N–H and O–H groups in total. The van der Waals surface area contributed by atoms with E-state index in [0.29, 0.717) is 25.7 Å². The highest BCUT2D eigenvalue weighted by Gasteiger charge is 2.27. The van der Waals surface area contributed by atoms with Gasteiger partial charge >= 0.3 is 17.9 Å². The van der Waals surface area contributed by atoms with Gasteiger partial charge in [0, 0.05) is 0 Å².